The Bertz CT molecular complexity index is 702. The first-order valence-corrected chi connectivity index (χ1v) is 10.2. The molecule has 2 atom stereocenters. The van der Waals surface area contributed by atoms with Gasteiger partial charge in [-0.05, 0) is 38.0 Å². The number of anilines is 1. The van der Waals surface area contributed by atoms with Crippen molar-refractivity contribution in [3.05, 3.63) is 29.8 Å². The molecule has 0 aliphatic carbocycles. The Kier molecular flexibility index (Phi) is 9.28. The van der Waals surface area contributed by atoms with Crippen LogP contribution in [0, 0.1) is 0 Å². The summed E-state index contributed by atoms with van der Waals surface area (Å²) in [6.45, 7) is 6.72. The van der Waals surface area contributed by atoms with Gasteiger partial charge in [0.2, 0.25) is 10.0 Å². The number of rotatable bonds is 6. The van der Waals surface area contributed by atoms with Crippen LogP contribution in [0.1, 0.15) is 26.3 Å². The second-order valence-corrected chi connectivity index (χ2v) is 8.42. The number of nitrogens with zero attached hydrogens (tertiary/aromatic N) is 2. The highest BCUT2D eigenvalue weighted by atomic mass is 127. The van der Waals surface area contributed by atoms with Crippen molar-refractivity contribution < 1.29 is 13.2 Å². The van der Waals surface area contributed by atoms with Crippen molar-refractivity contribution in [3.8, 4) is 0 Å². The molecule has 0 spiro atoms. The molecule has 0 aromatic heterocycles. The van der Waals surface area contributed by atoms with Crippen LogP contribution in [0.2, 0.25) is 0 Å². The van der Waals surface area contributed by atoms with Crippen molar-refractivity contribution in [1.82, 2.24) is 4.31 Å². The first-order valence-electron chi connectivity index (χ1n) is 8.59. The third kappa shape index (κ3) is 7.01. The highest BCUT2D eigenvalue weighted by molar-refractivity contribution is 14.0. The van der Waals surface area contributed by atoms with E-state index in [4.69, 9.17) is 10.5 Å². The van der Waals surface area contributed by atoms with E-state index < -0.39 is 10.0 Å². The summed E-state index contributed by atoms with van der Waals surface area (Å²) in [4.78, 5) is 4.14. The maximum atomic E-state index is 12.4. The third-order valence-corrected chi connectivity index (χ3v) is 5.80. The van der Waals surface area contributed by atoms with E-state index in [9.17, 15) is 8.42 Å². The Morgan fingerprint density at radius 2 is 2.00 bits per heavy atom. The van der Waals surface area contributed by atoms with Crippen molar-refractivity contribution in [3.63, 3.8) is 0 Å². The molecule has 26 heavy (non-hydrogen) atoms. The largest absolute Gasteiger partial charge is 0.373 e. The van der Waals surface area contributed by atoms with Crippen LogP contribution in [-0.4, -0.2) is 56.3 Å². The third-order valence-electron chi connectivity index (χ3n) is 4.02. The van der Waals surface area contributed by atoms with E-state index in [1.807, 2.05) is 38.1 Å². The first-order chi connectivity index (χ1) is 11.8. The monoisotopic (exact) mass is 496 g/mol. The molecule has 2 rings (SSSR count). The molecule has 0 saturated carbocycles. The van der Waals surface area contributed by atoms with E-state index in [1.165, 1.54) is 9.87 Å². The zero-order chi connectivity index (χ0) is 18.4. The summed E-state index contributed by atoms with van der Waals surface area (Å²) < 4.78 is 31.9. The van der Waals surface area contributed by atoms with Gasteiger partial charge in [-0.25, -0.2) is 8.42 Å². The van der Waals surface area contributed by atoms with E-state index in [0.717, 1.165) is 12.1 Å². The number of sulfonamides is 1. The van der Waals surface area contributed by atoms with Gasteiger partial charge in [-0.1, -0.05) is 19.1 Å². The van der Waals surface area contributed by atoms with Crippen molar-refractivity contribution in [2.45, 2.75) is 39.4 Å². The molecule has 1 fully saturated rings. The number of aliphatic imine (C=N–C) groups is 1. The molecule has 1 aliphatic rings. The number of guanidine groups is 1. The number of hydrogen-bond acceptors (Lipinski definition) is 4. The van der Waals surface area contributed by atoms with Crippen LogP contribution in [0.4, 0.5) is 5.69 Å². The molecule has 1 aromatic rings. The van der Waals surface area contributed by atoms with Gasteiger partial charge >= 0.3 is 0 Å². The smallest absolute Gasteiger partial charge is 0.216 e. The Hall–Kier alpha value is -0.910. The molecule has 1 aromatic carbocycles. The second-order valence-electron chi connectivity index (χ2n) is 6.34. The Balaban J connectivity index is 0.00000338. The number of nitrogens with two attached hydrogens (primary N) is 1. The molecule has 1 heterocycles. The number of benzene rings is 1. The maximum Gasteiger partial charge on any atom is 0.216 e. The van der Waals surface area contributed by atoms with Crippen molar-refractivity contribution in [2.24, 2.45) is 10.7 Å². The number of ether oxygens (including phenoxy) is 1. The lowest BCUT2D eigenvalue weighted by atomic mass is 10.1. The van der Waals surface area contributed by atoms with Gasteiger partial charge in [0, 0.05) is 18.8 Å². The van der Waals surface area contributed by atoms with Crippen LogP contribution in [0.5, 0.6) is 0 Å². The van der Waals surface area contributed by atoms with Gasteiger partial charge in [0.1, 0.15) is 0 Å². The molecular formula is C17H29IN4O3S. The number of hydrogen-bond donors (Lipinski definition) is 2. The summed E-state index contributed by atoms with van der Waals surface area (Å²) in [6, 6.07) is 7.87. The van der Waals surface area contributed by atoms with E-state index in [0.29, 0.717) is 13.1 Å². The first kappa shape index (κ1) is 23.1. The maximum absolute atomic E-state index is 12.4. The summed E-state index contributed by atoms with van der Waals surface area (Å²) in [5.41, 5.74) is 7.90. The van der Waals surface area contributed by atoms with Gasteiger partial charge in [-0.15, -0.1) is 24.0 Å². The molecule has 7 nitrogen and oxygen atoms in total. The minimum atomic E-state index is -3.37. The summed E-state index contributed by atoms with van der Waals surface area (Å²) in [5, 5.41) is 3.00. The van der Waals surface area contributed by atoms with Gasteiger partial charge in [0.25, 0.3) is 0 Å². The van der Waals surface area contributed by atoms with Crippen LogP contribution < -0.4 is 11.1 Å². The lowest BCUT2D eigenvalue weighted by molar-refractivity contribution is -0.0440. The standard InChI is InChI=1S/C17H28N4O3S.HI/c1-4-15-6-5-7-16(10-15)20-17(18)19-8-9-25(22,23)21-11-13(2)24-14(3)12-21;/h5-7,10,13-14H,4,8-9,11-12H2,1-3H3,(H3,18,19,20);1H. The zero-order valence-electron chi connectivity index (χ0n) is 15.5. The van der Waals surface area contributed by atoms with Crippen LogP contribution in [0.3, 0.4) is 0 Å². The van der Waals surface area contributed by atoms with Gasteiger partial charge in [0.15, 0.2) is 5.96 Å². The fraction of sp³-hybridized carbons (Fsp3) is 0.588. The number of morpholine rings is 1. The quantitative estimate of drug-likeness (QED) is 0.357. The van der Waals surface area contributed by atoms with E-state index in [-0.39, 0.29) is 54.4 Å². The predicted octanol–water partition coefficient (Wildman–Crippen LogP) is 2.03. The SMILES string of the molecule is CCc1cccc(NC(N)=NCCS(=O)(=O)N2CC(C)OC(C)C2)c1.I. The summed E-state index contributed by atoms with van der Waals surface area (Å²) in [7, 11) is -3.37. The fourth-order valence-electron chi connectivity index (χ4n) is 2.82. The lowest BCUT2D eigenvalue weighted by Crippen LogP contribution is -2.49. The highest BCUT2D eigenvalue weighted by Gasteiger charge is 2.30. The van der Waals surface area contributed by atoms with Gasteiger partial charge < -0.3 is 15.8 Å². The molecule has 2 unspecified atom stereocenters. The van der Waals surface area contributed by atoms with Crippen molar-refractivity contribution in [1.29, 1.82) is 0 Å². The van der Waals surface area contributed by atoms with E-state index in [1.54, 1.807) is 0 Å². The summed E-state index contributed by atoms with van der Waals surface area (Å²) >= 11 is 0. The predicted molar refractivity (Wildman–Crippen MR) is 117 cm³/mol. The molecular weight excluding hydrogens is 467 g/mol. The molecule has 1 saturated heterocycles. The van der Waals surface area contributed by atoms with Crippen LogP contribution in [0.25, 0.3) is 0 Å². The van der Waals surface area contributed by atoms with Crippen molar-refractivity contribution in [2.75, 3.05) is 30.7 Å². The van der Waals surface area contributed by atoms with Crippen molar-refractivity contribution >= 4 is 45.6 Å². The topological polar surface area (TPSA) is 97.0 Å². The zero-order valence-corrected chi connectivity index (χ0v) is 18.7. The Morgan fingerprint density at radius 1 is 1.35 bits per heavy atom. The molecule has 0 bridgehead atoms. The molecule has 3 N–H and O–H groups in total. The van der Waals surface area contributed by atoms with E-state index in [2.05, 4.69) is 17.2 Å². The number of aryl methyl sites for hydroxylation is 1. The molecule has 9 heteroatoms. The number of halogens is 1. The molecule has 0 radical (unpaired) electrons. The van der Waals surface area contributed by atoms with Gasteiger partial charge in [-0.2, -0.15) is 4.31 Å². The average molecular weight is 496 g/mol. The average Bonchev–Trinajstić information content (AvgIpc) is 2.54. The second kappa shape index (κ2) is 10.4. The highest BCUT2D eigenvalue weighted by Crippen LogP contribution is 2.15. The normalized spacial score (nSPS) is 21.9. The minimum Gasteiger partial charge on any atom is -0.373 e. The lowest BCUT2D eigenvalue weighted by Gasteiger charge is -2.34. The molecule has 1 aliphatic heterocycles. The van der Waals surface area contributed by atoms with Gasteiger partial charge in [-0.3, -0.25) is 4.99 Å². The van der Waals surface area contributed by atoms with Crippen LogP contribution >= 0.6 is 24.0 Å². The van der Waals surface area contributed by atoms with Crippen LogP contribution in [0.15, 0.2) is 29.3 Å². The molecule has 0 amide bonds. The summed E-state index contributed by atoms with van der Waals surface area (Å²) in [6.07, 6.45) is 0.737. The summed E-state index contributed by atoms with van der Waals surface area (Å²) in [5.74, 6) is 0.149. The van der Waals surface area contributed by atoms with Gasteiger partial charge in [0.05, 0.1) is 24.5 Å². The van der Waals surface area contributed by atoms with E-state index >= 15 is 0 Å². The molecule has 148 valence electrons. The van der Waals surface area contributed by atoms with Crippen LogP contribution in [-0.2, 0) is 21.2 Å². The Morgan fingerprint density at radius 3 is 2.62 bits per heavy atom. The minimum absolute atomic E-state index is 0. The fourth-order valence-corrected chi connectivity index (χ4v) is 4.28. The Labute approximate surface area is 173 Å². The number of nitrogens with one attached hydrogen (secondary N) is 1.